The Morgan fingerprint density at radius 3 is 2.31 bits per heavy atom. The van der Waals surface area contributed by atoms with Crippen molar-refractivity contribution >= 4 is 45.9 Å². The Balaban J connectivity index is 2.04. The van der Waals surface area contributed by atoms with Gasteiger partial charge in [0, 0.05) is 22.0 Å². The summed E-state index contributed by atoms with van der Waals surface area (Å²) in [7, 11) is 0. The van der Waals surface area contributed by atoms with Crippen molar-refractivity contribution in [2.45, 2.75) is 6.18 Å². The maximum Gasteiger partial charge on any atom is 0.418 e. The lowest BCUT2D eigenvalue weighted by Gasteiger charge is -2.18. The van der Waals surface area contributed by atoms with Crippen molar-refractivity contribution in [2.24, 2.45) is 4.99 Å². The summed E-state index contributed by atoms with van der Waals surface area (Å²) in [6.07, 6.45) is -3.50. The van der Waals surface area contributed by atoms with E-state index in [2.05, 4.69) is 4.99 Å². The first-order chi connectivity index (χ1) is 15.2. The maximum atomic E-state index is 13.6. The Kier molecular flexibility index (Phi) is 5.71. The highest BCUT2D eigenvalue weighted by Gasteiger charge is 2.34. The van der Waals surface area contributed by atoms with Crippen LogP contribution in [0.25, 0.3) is 16.5 Å². The van der Waals surface area contributed by atoms with Crippen molar-refractivity contribution in [3.05, 3.63) is 98.3 Å². The number of fused-ring (bicyclic) bond motifs is 1. The zero-order chi connectivity index (χ0) is 23.0. The number of pyridine rings is 1. The number of rotatable bonds is 3. The number of hydrogen-bond acceptors (Lipinski definition) is 3. The third-order valence-corrected chi connectivity index (χ3v) is 5.35. The minimum absolute atomic E-state index is 0.0493. The molecule has 0 aliphatic rings. The fourth-order valence-electron chi connectivity index (χ4n) is 3.34. The smallest absolute Gasteiger partial charge is 0.418 e. The Labute approximate surface area is 189 Å². The van der Waals surface area contributed by atoms with Crippen LogP contribution in [0.2, 0.25) is 10.0 Å². The van der Waals surface area contributed by atoms with E-state index >= 15 is 0 Å². The van der Waals surface area contributed by atoms with Crippen LogP contribution < -0.4 is 5.56 Å². The van der Waals surface area contributed by atoms with Gasteiger partial charge in [-0.1, -0.05) is 53.5 Å². The lowest BCUT2D eigenvalue weighted by atomic mass is 10.1. The van der Waals surface area contributed by atoms with E-state index in [0.717, 1.165) is 12.1 Å². The Hall–Kier alpha value is -3.29. The molecule has 4 nitrogen and oxygen atoms in total. The number of hydrogen-bond donors (Lipinski definition) is 1. The first-order valence-corrected chi connectivity index (χ1v) is 9.96. The number of benzene rings is 3. The zero-order valence-electron chi connectivity index (χ0n) is 16.1. The molecule has 1 aromatic heterocycles. The number of aromatic nitrogens is 1. The average Bonchev–Trinajstić information content (AvgIpc) is 2.75. The van der Waals surface area contributed by atoms with Gasteiger partial charge in [-0.25, -0.2) is 4.57 Å². The fourth-order valence-corrected chi connectivity index (χ4v) is 3.67. The first-order valence-electron chi connectivity index (χ1n) is 9.21. The van der Waals surface area contributed by atoms with Gasteiger partial charge in [0.05, 0.1) is 27.5 Å². The molecule has 0 spiro atoms. The SMILES string of the molecule is O=c1c2ccccc2c(C=Nc2cc(Cl)ccc2Cl)c(O)n1-c1ccccc1C(F)(F)F. The number of para-hydroxylation sites is 1. The van der Waals surface area contributed by atoms with Crippen LogP contribution in [-0.4, -0.2) is 15.9 Å². The molecule has 32 heavy (non-hydrogen) atoms. The predicted octanol–water partition coefficient (Wildman–Crippen LogP) is 6.77. The molecule has 3 aromatic carbocycles. The van der Waals surface area contributed by atoms with Crippen LogP contribution in [-0.2, 0) is 6.18 Å². The highest BCUT2D eigenvalue weighted by Crippen LogP contribution is 2.36. The van der Waals surface area contributed by atoms with E-state index in [1.54, 1.807) is 24.3 Å². The molecule has 0 unspecified atom stereocenters. The summed E-state index contributed by atoms with van der Waals surface area (Å²) in [5.74, 6) is -0.688. The number of aromatic hydroxyl groups is 1. The molecule has 162 valence electrons. The monoisotopic (exact) mass is 476 g/mol. The van der Waals surface area contributed by atoms with Crippen LogP contribution >= 0.6 is 23.2 Å². The van der Waals surface area contributed by atoms with E-state index in [9.17, 15) is 23.1 Å². The minimum atomic E-state index is -4.74. The molecular weight excluding hydrogens is 464 g/mol. The van der Waals surface area contributed by atoms with Gasteiger partial charge < -0.3 is 5.11 Å². The molecule has 0 saturated carbocycles. The van der Waals surface area contributed by atoms with Crippen molar-refractivity contribution in [1.29, 1.82) is 0 Å². The van der Waals surface area contributed by atoms with Gasteiger partial charge in [0.1, 0.15) is 0 Å². The zero-order valence-corrected chi connectivity index (χ0v) is 17.6. The van der Waals surface area contributed by atoms with Crippen molar-refractivity contribution < 1.29 is 18.3 Å². The van der Waals surface area contributed by atoms with E-state index < -0.39 is 28.9 Å². The third kappa shape index (κ3) is 3.97. The van der Waals surface area contributed by atoms with Gasteiger partial charge in [-0.05, 0) is 36.4 Å². The van der Waals surface area contributed by atoms with Gasteiger partial charge in [0.25, 0.3) is 5.56 Å². The quantitative estimate of drug-likeness (QED) is 0.331. The standard InChI is InChI=1S/C23H13Cl2F3N2O2/c24-13-9-10-18(25)19(11-13)29-12-16-14-5-1-2-6-15(14)21(31)30(22(16)32)20-8-4-3-7-17(20)23(26,27)28/h1-12,32H. The van der Waals surface area contributed by atoms with Crippen LogP contribution in [0.3, 0.4) is 0 Å². The van der Waals surface area contributed by atoms with Crippen molar-refractivity contribution in [3.8, 4) is 11.6 Å². The highest BCUT2D eigenvalue weighted by atomic mass is 35.5. The number of alkyl halides is 3. The number of halogens is 5. The van der Waals surface area contributed by atoms with Gasteiger partial charge in [-0.15, -0.1) is 0 Å². The lowest BCUT2D eigenvalue weighted by molar-refractivity contribution is -0.137. The summed E-state index contributed by atoms with van der Waals surface area (Å²) < 4.78 is 41.5. The molecule has 4 rings (SSSR count). The van der Waals surface area contributed by atoms with E-state index in [1.165, 1.54) is 36.5 Å². The van der Waals surface area contributed by atoms with Gasteiger partial charge in [-0.3, -0.25) is 9.79 Å². The second-order valence-electron chi connectivity index (χ2n) is 6.79. The third-order valence-electron chi connectivity index (χ3n) is 4.79. The molecular formula is C23H13Cl2F3N2O2. The number of aliphatic imine (C=N–C) groups is 1. The Bertz CT molecular complexity index is 1430. The summed E-state index contributed by atoms with van der Waals surface area (Å²) in [6, 6.07) is 15.4. The molecule has 0 saturated heterocycles. The van der Waals surface area contributed by atoms with Crippen LogP contribution in [0.1, 0.15) is 11.1 Å². The summed E-state index contributed by atoms with van der Waals surface area (Å²) in [5.41, 5.74) is -2.02. The Morgan fingerprint density at radius 2 is 1.59 bits per heavy atom. The van der Waals surface area contributed by atoms with Gasteiger partial charge in [-0.2, -0.15) is 13.2 Å². The molecule has 0 aliphatic heterocycles. The molecule has 0 amide bonds. The lowest BCUT2D eigenvalue weighted by Crippen LogP contribution is -2.23. The topological polar surface area (TPSA) is 54.6 Å². The molecule has 0 bridgehead atoms. The summed E-state index contributed by atoms with van der Waals surface area (Å²) in [6.45, 7) is 0. The van der Waals surface area contributed by atoms with Crippen LogP contribution in [0.5, 0.6) is 5.88 Å². The second kappa shape index (κ2) is 8.33. The van der Waals surface area contributed by atoms with E-state index in [4.69, 9.17) is 23.2 Å². The fraction of sp³-hybridized carbons (Fsp3) is 0.0435. The van der Waals surface area contributed by atoms with Crippen molar-refractivity contribution in [1.82, 2.24) is 4.57 Å². The maximum absolute atomic E-state index is 13.6. The van der Waals surface area contributed by atoms with Crippen molar-refractivity contribution in [2.75, 3.05) is 0 Å². The van der Waals surface area contributed by atoms with Crippen LogP contribution in [0.4, 0.5) is 18.9 Å². The molecule has 0 fully saturated rings. The molecule has 0 atom stereocenters. The molecule has 1 N–H and O–H groups in total. The molecule has 9 heteroatoms. The van der Waals surface area contributed by atoms with Gasteiger partial charge >= 0.3 is 6.18 Å². The summed E-state index contributed by atoms with van der Waals surface area (Å²) in [5, 5.41) is 12.0. The molecule has 4 aromatic rings. The number of nitrogens with zero attached hydrogens (tertiary/aromatic N) is 2. The van der Waals surface area contributed by atoms with E-state index in [0.29, 0.717) is 15.0 Å². The predicted molar refractivity (Wildman–Crippen MR) is 120 cm³/mol. The van der Waals surface area contributed by atoms with Crippen molar-refractivity contribution in [3.63, 3.8) is 0 Å². The first kappa shape index (κ1) is 21.9. The van der Waals surface area contributed by atoms with E-state index in [1.807, 2.05) is 0 Å². The minimum Gasteiger partial charge on any atom is -0.494 e. The normalized spacial score (nSPS) is 12.0. The summed E-state index contributed by atoms with van der Waals surface area (Å²) >= 11 is 12.1. The highest BCUT2D eigenvalue weighted by molar-refractivity contribution is 6.35. The van der Waals surface area contributed by atoms with E-state index in [-0.39, 0.29) is 21.7 Å². The second-order valence-corrected chi connectivity index (χ2v) is 7.64. The molecule has 0 radical (unpaired) electrons. The largest absolute Gasteiger partial charge is 0.494 e. The van der Waals surface area contributed by atoms with Gasteiger partial charge in [0.2, 0.25) is 5.88 Å². The average molecular weight is 477 g/mol. The summed E-state index contributed by atoms with van der Waals surface area (Å²) in [4.78, 5) is 17.4. The molecule has 0 aliphatic carbocycles. The van der Waals surface area contributed by atoms with Gasteiger partial charge in [0.15, 0.2) is 0 Å². The van der Waals surface area contributed by atoms with Crippen LogP contribution in [0.15, 0.2) is 76.5 Å². The Morgan fingerprint density at radius 1 is 0.938 bits per heavy atom. The van der Waals surface area contributed by atoms with Crippen LogP contribution in [0, 0.1) is 0 Å². The molecule has 1 heterocycles.